The molecule has 11 heteroatoms. The molecule has 0 fully saturated rings. The minimum atomic E-state index is -0.622. The van der Waals surface area contributed by atoms with Crippen molar-refractivity contribution in [3.63, 3.8) is 0 Å². The minimum absolute atomic E-state index is 0.0865. The molecule has 0 spiro atoms. The smallest absolute Gasteiger partial charge is 0.284 e. The Morgan fingerprint density at radius 3 is 2.72 bits per heavy atom. The van der Waals surface area contributed by atoms with Crippen LogP contribution in [0.25, 0.3) is 0 Å². The quantitative estimate of drug-likeness (QED) is 0.316. The zero-order chi connectivity index (χ0) is 21.0. The van der Waals surface area contributed by atoms with Crippen molar-refractivity contribution in [3.8, 4) is 0 Å². The van der Waals surface area contributed by atoms with Crippen LogP contribution in [0.5, 0.6) is 0 Å². The molecule has 29 heavy (non-hydrogen) atoms. The van der Waals surface area contributed by atoms with Crippen molar-refractivity contribution in [3.05, 3.63) is 93.9 Å². The number of hydrogen-bond donors (Lipinski definition) is 1. The molecule has 1 heterocycles. The van der Waals surface area contributed by atoms with Crippen LogP contribution in [0.1, 0.15) is 20.8 Å². The van der Waals surface area contributed by atoms with E-state index in [1.54, 1.807) is 0 Å². The molecule has 1 amide bonds. The fourth-order valence-electron chi connectivity index (χ4n) is 2.37. The summed E-state index contributed by atoms with van der Waals surface area (Å²) in [5, 5.41) is 14.8. The Morgan fingerprint density at radius 1 is 1.31 bits per heavy atom. The topological polar surface area (TPSA) is 107 Å². The summed E-state index contributed by atoms with van der Waals surface area (Å²) in [6, 6.07) is 12.7. The Hall–Kier alpha value is -2.82. The van der Waals surface area contributed by atoms with E-state index in [0.717, 1.165) is 27.4 Å². The molecule has 8 nitrogen and oxygen atoms in total. The van der Waals surface area contributed by atoms with Crippen LogP contribution in [0.15, 0.2) is 62.9 Å². The molecular formula is C18H12BrClN4O4S. The number of thiazole rings is 1. The predicted molar refractivity (Wildman–Crippen MR) is 115 cm³/mol. The van der Waals surface area contributed by atoms with E-state index < -0.39 is 10.8 Å². The second kappa shape index (κ2) is 9.12. The van der Waals surface area contributed by atoms with Crippen LogP contribution >= 0.6 is 38.9 Å². The number of benzene rings is 2. The number of hydrogen-bond acceptors (Lipinski definition) is 6. The van der Waals surface area contributed by atoms with E-state index in [1.807, 2.05) is 24.3 Å². The number of amides is 1. The van der Waals surface area contributed by atoms with Gasteiger partial charge < -0.3 is 0 Å². The fourth-order valence-corrected chi connectivity index (χ4v) is 3.73. The van der Waals surface area contributed by atoms with Gasteiger partial charge in [0.2, 0.25) is 0 Å². The monoisotopic (exact) mass is 494 g/mol. The number of carbonyl (C=O) groups is 1. The number of hydrazone groups is 1. The third-order valence-corrected chi connectivity index (χ3v) is 5.74. The molecule has 0 aliphatic carbocycles. The maximum absolute atomic E-state index is 12.2. The zero-order valence-corrected chi connectivity index (χ0v) is 17.7. The maximum Gasteiger partial charge on any atom is 0.309 e. The van der Waals surface area contributed by atoms with Crippen LogP contribution in [-0.2, 0) is 6.54 Å². The summed E-state index contributed by atoms with van der Waals surface area (Å²) in [7, 11) is 0. The molecular weight excluding hydrogens is 484 g/mol. The maximum atomic E-state index is 12.2. The first-order valence-corrected chi connectivity index (χ1v) is 10.1. The van der Waals surface area contributed by atoms with E-state index >= 15 is 0 Å². The van der Waals surface area contributed by atoms with Crippen LogP contribution in [0.2, 0.25) is 5.15 Å². The normalized spacial score (nSPS) is 11.0. The number of carbonyl (C=O) groups excluding carboxylic acids is 1. The van der Waals surface area contributed by atoms with Gasteiger partial charge in [-0.1, -0.05) is 57.1 Å². The van der Waals surface area contributed by atoms with Crippen molar-refractivity contribution in [2.45, 2.75) is 6.54 Å². The number of nitro benzene ring substituents is 1. The molecule has 3 aromatic rings. The molecule has 2 aromatic carbocycles. The van der Waals surface area contributed by atoms with Crippen molar-refractivity contribution < 1.29 is 9.72 Å². The molecule has 0 aliphatic heterocycles. The molecule has 0 saturated carbocycles. The number of nitrogens with zero attached hydrogens (tertiary/aromatic N) is 3. The molecule has 1 aromatic heterocycles. The summed E-state index contributed by atoms with van der Waals surface area (Å²) >= 11 is 10.5. The number of nitrogens with one attached hydrogen (secondary N) is 1. The highest BCUT2D eigenvalue weighted by Gasteiger charge is 2.13. The standard InChI is InChI=1S/C18H12BrClN4O4S/c19-13-6-4-11(5-7-13)10-23-16(20)15(29-18(23)26)9-21-22-17(25)12-2-1-3-14(8-12)24(27)28/h1-9H,10H2,(H,22,25)/b21-9-. The Labute approximate surface area is 181 Å². The van der Waals surface area contributed by atoms with Gasteiger partial charge in [-0.05, 0) is 23.8 Å². The molecule has 0 saturated heterocycles. The zero-order valence-electron chi connectivity index (χ0n) is 14.5. The van der Waals surface area contributed by atoms with Crippen molar-refractivity contribution >= 4 is 56.7 Å². The summed E-state index contributed by atoms with van der Waals surface area (Å²) in [5.41, 5.74) is 3.05. The second-order valence-electron chi connectivity index (χ2n) is 5.74. The fraction of sp³-hybridized carbons (Fsp3) is 0.0556. The van der Waals surface area contributed by atoms with E-state index in [1.165, 1.54) is 29.0 Å². The third kappa shape index (κ3) is 5.17. The largest absolute Gasteiger partial charge is 0.309 e. The molecule has 0 radical (unpaired) electrons. The van der Waals surface area contributed by atoms with E-state index in [2.05, 4.69) is 26.5 Å². The summed E-state index contributed by atoms with van der Waals surface area (Å²) in [5.74, 6) is -0.622. The summed E-state index contributed by atoms with van der Waals surface area (Å²) in [4.78, 5) is 34.6. The van der Waals surface area contributed by atoms with Crippen LogP contribution in [0, 0.1) is 10.1 Å². The van der Waals surface area contributed by atoms with Gasteiger partial charge in [0.05, 0.1) is 22.6 Å². The number of non-ortho nitro benzene ring substituents is 1. The molecule has 148 valence electrons. The Morgan fingerprint density at radius 2 is 2.03 bits per heavy atom. The summed E-state index contributed by atoms with van der Waals surface area (Å²) in [6.07, 6.45) is 1.27. The van der Waals surface area contributed by atoms with Crippen LogP contribution in [0.4, 0.5) is 5.69 Å². The summed E-state index contributed by atoms with van der Waals surface area (Å²) < 4.78 is 2.33. The number of aromatic nitrogens is 1. The van der Waals surface area contributed by atoms with Gasteiger partial charge in [0, 0.05) is 22.2 Å². The van der Waals surface area contributed by atoms with Gasteiger partial charge in [0.1, 0.15) is 5.15 Å². The molecule has 0 aliphatic rings. The highest BCUT2D eigenvalue weighted by molar-refractivity contribution is 9.10. The molecule has 0 unspecified atom stereocenters. The third-order valence-electron chi connectivity index (χ3n) is 3.78. The van der Waals surface area contributed by atoms with Crippen molar-refractivity contribution in [1.82, 2.24) is 9.99 Å². The van der Waals surface area contributed by atoms with Gasteiger partial charge in [-0.2, -0.15) is 5.10 Å². The average molecular weight is 496 g/mol. The Kier molecular flexibility index (Phi) is 6.57. The molecule has 3 rings (SSSR count). The van der Waals surface area contributed by atoms with Crippen molar-refractivity contribution in [2.24, 2.45) is 5.10 Å². The highest BCUT2D eigenvalue weighted by atomic mass is 79.9. The lowest BCUT2D eigenvalue weighted by Crippen LogP contribution is -2.17. The second-order valence-corrected chi connectivity index (χ2v) is 8.01. The van der Waals surface area contributed by atoms with Gasteiger partial charge in [-0.15, -0.1) is 0 Å². The molecule has 1 N–H and O–H groups in total. The summed E-state index contributed by atoms with van der Waals surface area (Å²) in [6.45, 7) is 0.301. The number of rotatable bonds is 6. The van der Waals surface area contributed by atoms with E-state index in [9.17, 15) is 19.7 Å². The lowest BCUT2D eigenvalue weighted by Gasteiger charge is -2.04. The van der Waals surface area contributed by atoms with Gasteiger partial charge in [-0.25, -0.2) is 5.43 Å². The Bertz CT molecular complexity index is 1160. The van der Waals surface area contributed by atoms with Crippen molar-refractivity contribution in [1.29, 1.82) is 0 Å². The lowest BCUT2D eigenvalue weighted by molar-refractivity contribution is -0.384. The SMILES string of the molecule is O=C(N/N=C\c1sc(=O)n(Cc2ccc(Br)cc2)c1Cl)c1cccc([N+](=O)[O-])c1. The van der Waals surface area contributed by atoms with Gasteiger partial charge in [0.15, 0.2) is 0 Å². The van der Waals surface area contributed by atoms with Crippen LogP contribution in [0.3, 0.4) is 0 Å². The molecule has 0 atom stereocenters. The van der Waals surface area contributed by atoms with E-state index in [-0.39, 0.29) is 21.3 Å². The van der Waals surface area contributed by atoms with Crippen LogP contribution < -0.4 is 10.3 Å². The Balaban J connectivity index is 1.72. The lowest BCUT2D eigenvalue weighted by atomic mass is 10.2. The number of nitro groups is 1. The van der Waals surface area contributed by atoms with Gasteiger partial charge >= 0.3 is 4.87 Å². The molecule has 0 bridgehead atoms. The van der Waals surface area contributed by atoms with Crippen molar-refractivity contribution in [2.75, 3.05) is 0 Å². The first-order chi connectivity index (χ1) is 13.8. The first kappa shape index (κ1) is 20.9. The first-order valence-electron chi connectivity index (χ1n) is 8.06. The van der Waals surface area contributed by atoms with Crippen LogP contribution in [-0.4, -0.2) is 21.6 Å². The minimum Gasteiger partial charge on any atom is -0.284 e. The average Bonchev–Trinajstić information content (AvgIpc) is 2.97. The highest BCUT2D eigenvalue weighted by Crippen LogP contribution is 2.19. The predicted octanol–water partition coefficient (Wildman–Crippen LogP) is 4.05. The van der Waals surface area contributed by atoms with Gasteiger partial charge in [0.25, 0.3) is 11.6 Å². The van der Waals surface area contributed by atoms with E-state index in [0.29, 0.717) is 11.4 Å². The van der Waals surface area contributed by atoms with E-state index in [4.69, 9.17) is 11.6 Å². The van der Waals surface area contributed by atoms with Gasteiger partial charge in [-0.3, -0.25) is 24.3 Å². The number of halogens is 2.